The lowest BCUT2D eigenvalue weighted by molar-refractivity contribution is -0.384. The third kappa shape index (κ3) is 4.12. The number of nitrogens with zero attached hydrogens (tertiary/aromatic N) is 1. The van der Waals surface area contributed by atoms with Crippen LogP contribution in [0, 0.1) is 10.1 Å². The molecule has 0 aromatic heterocycles. The van der Waals surface area contributed by atoms with Gasteiger partial charge < -0.3 is 9.84 Å². The van der Waals surface area contributed by atoms with Gasteiger partial charge in [0, 0.05) is 18.2 Å². The maximum Gasteiger partial charge on any atom is 0.328 e. The minimum atomic E-state index is -1.08. The average Bonchev–Trinajstić information content (AvgIpc) is 2.25. The van der Waals surface area contributed by atoms with Crippen molar-refractivity contribution in [3.63, 3.8) is 0 Å². The molecule has 1 rings (SSSR count). The van der Waals surface area contributed by atoms with Crippen LogP contribution in [0.25, 0.3) is 0 Å². The Hall–Kier alpha value is -2.08. The van der Waals surface area contributed by atoms with E-state index in [9.17, 15) is 14.9 Å². The van der Waals surface area contributed by atoms with Crippen molar-refractivity contribution in [1.29, 1.82) is 0 Å². The zero-order valence-electron chi connectivity index (χ0n) is 8.50. The van der Waals surface area contributed by atoms with Gasteiger partial charge in [0.15, 0.2) is 0 Å². The fraction of sp³-hybridized carbons (Fsp3) is 0.100. The largest absolute Gasteiger partial charge is 0.488 e. The van der Waals surface area contributed by atoms with Gasteiger partial charge in [0.1, 0.15) is 12.4 Å². The molecule has 1 N–H and O–H groups in total. The molecule has 0 aliphatic heterocycles. The smallest absolute Gasteiger partial charge is 0.328 e. The van der Waals surface area contributed by atoms with Crippen molar-refractivity contribution < 1.29 is 19.6 Å². The van der Waals surface area contributed by atoms with Crippen LogP contribution in [-0.2, 0) is 4.79 Å². The maximum absolute atomic E-state index is 10.4. The molecule has 0 fully saturated rings. The average molecular weight is 258 g/mol. The third-order valence-corrected chi connectivity index (χ3v) is 2.02. The van der Waals surface area contributed by atoms with Gasteiger partial charge in [-0.25, -0.2) is 4.79 Å². The number of carbonyl (C=O) groups is 1. The van der Waals surface area contributed by atoms with Gasteiger partial charge in [-0.3, -0.25) is 10.1 Å². The molecule has 17 heavy (non-hydrogen) atoms. The Morgan fingerprint density at radius 1 is 1.59 bits per heavy atom. The summed E-state index contributed by atoms with van der Waals surface area (Å²) < 4.78 is 5.12. The summed E-state index contributed by atoms with van der Waals surface area (Å²) in [6, 6.07) is 3.77. The van der Waals surface area contributed by atoms with Gasteiger partial charge in [0.05, 0.1) is 9.95 Å². The molecule has 90 valence electrons. The first-order valence-electron chi connectivity index (χ1n) is 4.47. The highest BCUT2D eigenvalue weighted by Crippen LogP contribution is 2.28. The molecular weight excluding hydrogens is 250 g/mol. The molecule has 0 saturated carbocycles. The molecule has 1 aromatic rings. The highest BCUT2D eigenvalue weighted by atomic mass is 35.5. The summed E-state index contributed by atoms with van der Waals surface area (Å²) >= 11 is 5.75. The predicted octanol–water partition coefficient (Wildman–Crippen LogP) is 2.27. The number of carboxylic acids is 1. The molecule has 0 bridgehead atoms. The van der Waals surface area contributed by atoms with Crippen molar-refractivity contribution in [2.45, 2.75) is 0 Å². The summed E-state index contributed by atoms with van der Waals surface area (Å²) in [4.78, 5) is 20.0. The number of non-ortho nitro benzene ring substituents is 1. The second-order valence-corrected chi connectivity index (χ2v) is 3.33. The Morgan fingerprint density at radius 2 is 2.29 bits per heavy atom. The lowest BCUT2D eigenvalue weighted by Crippen LogP contribution is -1.97. The second-order valence-electron chi connectivity index (χ2n) is 2.92. The quantitative estimate of drug-likeness (QED) is 0.496. The van der Waals surface area contributed by atoms with Crippen LogP contribution < -0.4 is 4.74 Å². The van der Waals surface area contributed by atoms with E-state index in [1.54, 1.807) is 0 Å². The molecule has 0 atom stereocenters. The van der Waals surface area contributed by atoms with Gasteiger partial charge in [-0.15, -0.1) is 0 Å². The molecule has 0 amide bonds. The summed E-state index contributed by atoms with van der Waals surface area (Å²) in [5.41, 5.74) is -0.136. The fourth-order valence-electron chi connectivity index (χ4n) is 1.01. The summed E-state index contributed by atoms with van der Waals surface area (Å²) in [5.74, 6) is -0.823. The van der Waals surface area contributed by atoms with Crippen LogP contribution >= 0.6 is 11.6 Å². The van der Waals surface area contributed by atoms with E-state index >= 15 is 0 Å². The number of nitro groups is 1. The Kier molecular flexibility index (Phi) is 4.47. The second kappa shape index (κ2) is 5.86. The van der Waals surface area contributed by atoms with E-state index in [0.717, 1.165) is 12.1 Å². The first-order valence-corrected chi connectivity index (χ1v) is 4.84. The van der Waals surface area contributed by atoms with Crippen LogP contribution in [0.1, 0.15) is 0 Å². The molecule has 0 spiro atoms. The normalized spacial score (nSPS) is 10.4. The summed E-state index contributed by atoms with van der Waals surface area (Å²) in [5, 5.41) is 18.8. The number of rotatable bonds is 5. The van der Waals surface area contributed by atoms with Gasteiger partial charge in [-0.2, -0.15) is 0 Å². The summed E-state index contributed by atoms with van der Waals surface area (Å²) in [7, 11) is 0. The van der Waals surface area contributed by atoms with Crippen molar-refractivity contribution in [2.24, 2.45) is 0 Å². The number of hydrogen-bond donors (Lipinski definition) is 1. The van der Waals surface area contributed by atoms with Crippen molar-refractivity contribution in [2.75, 3.05) is 6.61 Å². The van der Waals surface area contributed by atoms with E-state index in [2.05, 4.69) is 0 Å². The molecular formula is C10H8ClNO5. The number of hydrogen-bond acceptors (Lipinski definition) is 4. The fourth-order valence-corrected chi connectivity index (χ4v) is 1.24. The van der Waals surface area contributed by atoms with E-state index < -0.39 is 10.9 Å². The van der Waals surface area contributed by atoms with Gasteiger partial charge in [0.2, 0.25) is 0 Å². The Bertz CT molecular complexity index is 472. The Balaban J connectivity index is 2.67. The van der Waals surface area contributed by atoms with E-state index in [1.165, 1.54) is 18.2 Å². The Labute approximate surface area is 101 Å². The molecule has 0 unspecified atom stereocenters. The number of aliphatic carboxylic acids is 1. The van der Waals surface area contributed by atoms with Gasteiger partial charge >= 0.3 is 5.97 Å². The highest BCUT2D eigenvalue weighted by Gasteiger charge is 2.09. The number of nitro benzene ring substituents is 1. The number of halogens is 1. The number of carboxylic acid groups (broad SMARTS) is 1. The van der Waals surface area contributed by atoms with Crippen LogP contribution in [0.3, 0.4) is 0 Å². The topological polar surface area (TPSA) is 89.7 Å². The van der Waals surface area contributed by atoms with Gasteiger partial charge in [-0.1, -0.05) is 11.6 Å². The first-order chi connectivity index (χ1) is 8.00. The van der Waals surface area contributed by atoms with Crippen LogP contribution in [0.2, 0.25) is 5.02 Å². The zero-order chi connectivity index (χ0) is 12.8. The van der Waals surface area contributed by atoms with E-state index in [-0.39, 0.29) is 23.1 Å². The molecule has 1 aromatic carbocycles. The molecule has 0 aliphatic rings. The van der Waals surface area contributed by atoms with E-state index in [1.807, 2.05) is 0 Å². The lowest BCUT2D eigenvalue weighted by atomic mass is 10.3. The zero-order valence-corrected chi connectivity index (χ0v) is 9.26. The molecule has 0 radical (unpaired) electrons. The molecule has 0 heterocycles. The van der Waals surface area contributed by atoms with Crippen molar-refractivity contribution >= 4 is 23.3 Å². The highest BCUT2D eigenvalue weighted by molar-refractivity contribution is 6.32. The number of benzene rings is 1. The molecule has 7 heteroatoms. The third-order valence-electron chi connectivity index (χ3n) is 1.72. The standard InChI is InChI=1S/C10H8ClNO5/c11-8-6-7(12(15)16)3-4-9(8)17-5-1-2-10(13)14/h1-4,6H,5H2,(H,13,14)/b2-1+. The van der Waals surface area contributed by atoms with E-state index in [0.29, 0.717) is 0 Å². The Morgan fingerprint density at radius 3 is 2.82 bits per heavy atom. The van der Waals surface area contributed by atoms with Crippen molar-refractivity contribution in [1.82, 2.24) is 0 Å². The first kappa shape index (κ1) is 13.0. The maximum atomic E-state index is 10.4. The SMILES string of the molecule is O=C(O)/C=C/COc1ccc([N+](=O)[O-])cc1Cl. The minimum Gasteiger partial charge on any atom is -0.488 e. The van der Waals surface area contributed by atoms with Crippen LogP contribution in [0.15, 0.2) is 30.4 Å². The van der Waals surface area contributed by atoms with Gasteiger partial charge in [0.25, 0.3) is 5.69 Å². The predicted molar refractivity (Wildman–Crippen MR) is 60.4 cm³/mol. The minimum absolute atomic E-state index is 0.0177. The van der Waals surface area contributed by atoms with Crippen LogP contribution in [-0.4, -0.2) is 22.6 Å². The number of ether oxygens (including phenoxy) is 1. The van der Waals surface area contributed by atoms with E-state index in [4.69, 9.17) is 21.4 Å². The summed E-state index contributed by atoms with van der Waals surface area (Å²) in [6.07, 6.45) is 2.22. The molecule has 0 aliphatic carbocycles. The van der Waals surface area contributed by atoms with Crippen molar-refractivity contribution in [3.8, 4) is 5.75 Å². The van der Waals surface area contributed by atoms with Crippen molar-refractivity contribution in [3.05, 3.63) is 45.5 Å². The molecule has 6 nitrogen and oxygen atoms in total. The summed E-state index contributed by atoms with van der Waals surface area (Å²) in [6.45, 7) is 0.0177. The molecule has 0 saturated heterocycles. The monoisotopic (exact) mass is 257 g/mol. The van der Waals surface area contributed by atoms with Crippen LogP contribution in [0.4, 0.5) is 5.69 Å². The lowest BCUT2D eigenvalue weighted by Gasteiger charge is -2.04. The van der Waals surface area contributed by atoms with Gasteiger partial charge in [-0.05, 0) is 12.1 Å². The van der Waals surface area contributed by atoms with Crippen LogP contribution in [0.5, 0.6) is 5.75 Å².